The molecule has 0 fully saturated rings. The maximum Gasteiger partial charge on any atom is 2.00 e. The monoisotopic (exact) mass is 885 g/mol. The molecule has 332 valence electrons. The summed E-state index contributed by atoms with van der Waals surface area (Å²) in [6.07, 6.45) is 59.6. The van der Waals surface area contributed by atoms with E-state index in [-0.39, 0.29) is 37.1 Å². The minimum absolute atomic E-state index is 0. The van der Waals surface area contributed by atoms with Crippen molar-refractivity contribution >= 4 is 23.9 Å². The largest absolute Gasteiger partial charge is 2.00 e. The van der Waals surface area contributed by atoms with E-state index in [4.69, 9.17) is 0 Å². The fourth-order valence-electron chi connectivity index (χ4n) is 6.86. The van der Waals surface area contributed by atoms with Crippen molar-refractivity contribution in [3.63, 3.8) is 0 Å². The molecule has 0 aliphatic heterocycles. The fraction of sp³-hybridized carbons (Fsp3) is 0.962. The summed E-state index contributed by atoms with van der Waals surface area (Å²) in [5.74, 6) is 0. The first-order valence-corrected chi connectivity index (χ1v) is 25.4. The SMILES string of the molecule is CCCCCCCCCCCCCCCCCC[O-].CCCCCCCCCCCCCCCCCC[O-].[CH2]CCCCCCC.[CH2]CCCCCCC.[Sn+2]. The summed E-state index contributed by atoms with van der Waals surface area (Å²) in [6, 6.07) is 0. The van der Waals surface area contributed by atoms with E-state index in [9.17, 15) is 10.2 Å². The Balaban J connectivity index is -0.000000216. The summed E-state index contributed by atoms with van der Waals surface area (Å²) in [7, 11) is 0. The number of hydrogen-bond acceptors (Lipinski definition) is 2. The van der Waals surface area contributed by atoms with E-state index >= 15 is 0 Å². The minimum atomic E-state index is 0. The molecule has 0 bridgehead atoms. The molecular formula is C52H108O2Sn. The molecular weight excluding hydrogens is 775 g/mol. The molecule has 0 saturated carbocycles. The van der Waals surface area contributed by atoms with Gasteiger partial charge >= 0.3 is 23.9 Å². The van der Waals surface area contributed by atoms with E-state index in [0.29, 0.717) is 0 Å². The molecule has 0 aromatic rings. The molecule has 0 amide bonds. The van der Waals surface area contributed by atoms with Crippen LogP contribution in [0.1, 0.15) is 310 Å². The molecule has 0 rings (SSSR count). The van der Waals surface area contributed by atoms with Gasteiger partial charge in [0.05, 0.1) is 0 Å². The van der Waals surface area contributed by atoms with Crippen molar-refractivity contribution in [1.29, 1.82) is 0 Å². The summed E-state index contributed by atoms with van der Waals surface area (Å²) >= 11 is 0. The quantitative estimate of drug-likeness (QED) is 0.0453. The minimum Gasteiger partial charge on any atom is -0.854 e. The van der Waals surface area contributed by atoms with Crippen molar-refractivity contribution in [2.24, 2.45) is 0 Å². The summed E-state index contributed by atoms with van der Waals surface area (Å²) in [6.45, 7) is 16.9. The van der Waals surface area contributed by atoms with Gasteiger partial charge in [0.25, 0.3) is 0 Å². The van der Waals surface area contributed by atoms with Crippen LogP contribution in [0.15, 0.2) is 0 Å². The van der Waals surface area contributed by atoms with Gasteiger partial charge in [0.2, 0.25) is 0 Å². The Bertz CT molecular complexity index is 438. The smallest absolute Gasteiger partial charge is 0.854 e. The van der Waals surface area contributed by atoms with E-state index < -0.39 is 0 Å². The topological polar surface area (TPSA) is 46.1 Å². The third-order valence-electron chi connectivity index (χ3n) is 10.7. The van der Waals surface area contributed by atoms with Crippen molar-refractivity contribution in [1.82, 2.24) is 0 Å². The molecule has 0 heterocycles. The second kappa shape index (κ2) is 72.3. The van der Waals surface area contributed by atoms with Crippen molar-refractivity contribution < 1.29 is 10.2 Å². The Morgan fingerprint density at radius 1 is 0.218 bits per heavy atom. The Morgan fingerprint density at radius 3 is 0.473 bits per heavy atom. The van der Waals surface area contributed by atoms with Crippen LogP contribution in [0.25, 0.3) is 0 Å². The second-order valence-corrected chi connectivity index (χ2v) is 16.6. The third-order valence-corrected chi connectivity index (χ3v) is 10.7. The van der Waals surface area contributed by atoms with E-state index in [2.05, 4.69) is 41.5 Å². The fourth-order valence-corrected chi connectivity index (χ4v) is 6.86. The maximum absolute atomic E-state index is 10.3. The predicted molar refractivity (Wildman–Crippen MR) is 252 cm³/mol. The van der Waals surface area contributed by atoms with Gasteiger partial charge in [-0.3, -0.25) is 0 Å². The summed E-state index contributed by atoms with van der Waals surface area (Å²) in [4.78, 5) is 0. The van der Waals surface area contributed by atoms with E-state index in [0.717, 1.165) is 38.5 Å². The molecule has 0 aromatic carbocycles. The molecule has 3 heteroatoms. The standard InChI is InChI=1S/2C18H37O.2C8H17.Sn/c2*1-2-3-4-5-6-7-8-9-10-11-12-13-14-15-16-17-18-19;2*1-3-5-7-8-6-4-2;/h2*2-18H2,1H3;2*1,3-8H2,2H3;/q2*-1;;;+2. The summed E-state index contributed by atoms with van der Waals surface area (Å²) in [5, 5.41) is 20.5. The van der Waals surface area contributed by atoms with Gasteiger partial charge in [-0.05, 0) is 0 Å². The van der Waals surface area contributed by atoms with Crippen molar-refractivity contribution in [2.45, 2.75) is 310 Å². The molecule has 4 radical (unpaired) electrons. The van der Waals surface area contributed by atoms with Gasteiger partial charge in [-0.25, -0.2) is 0 Å². The first kappa shape index (κ1) is 64.9. The third kappa shape index (κ3) is 83.3. The van der Waals surface area contributed by atoms with Gasteiger partial charge in [0.15, 0.2) is 0 Å². The molecule has 0 atom stereocenters. The van der Waals surface area contributed by atoms with Crippen LogP contribution >= 0.6 is 0 Å². The first-order valence-electron chi connectivity index (χ1n) is 25.4. The van der Waals surface area contributed by atoms with Gasteiger partial charge in [-0.15, -0.1) is 13.2 Å². The van der Waals surface area contributed by atoms with Crippen LogP contribution in [-0.2, 0) is 0 Å². The zero-order valence-electron chi connectivity index (χ0n) is 39.3. The zero-order chi connectivity index (χ0) is 40.5. The average Bonchev–Trinajstić information content (AvgIpc) is 3.19. The van der Waals surface area contributed by atoms with Gasteiger partial charge in [-0.1, -0.05) is 324 Å². The molecule has 0 saturated heterocycles. The Labute approximate surface area is 369 Å². The van der Waals surface area contributed by atoms with Crippen LogP contribution < -0.4 is 10.2 Å². The van der Waals surface area contributed by atoms with Gasteiger partial charge in [-0.2, -0.15) is 0 Å². The molecule has 0 unspecified atom stereocenters. The molecule has 0 aliphatic rings. The van der Waals surface area contributed by atoms with Crippen LogP contribution in [0.5, 0.6) is 0 Å². The Hall–Kier alpha value is 0.719. The number of unbranched alkanes of at least 4 members (excludes halogenated alkanes) is 40. The molecule has 0 N–H and O–H groups in total. The van der Waals surface area contributed by atoms with Crippen molar-refractivity contribution in [2.75, 3.05) is 13.2 Å². The average molecular weight is 884 g/mol. The van der Waals surface area contributed by atoms with Crippen LogP contribution in [0.4, 0.5) is 0 Å². The Morgan fingerprint density at radius 2 is 0.345 bits per heavy atom. The van der Waals surface area contributed by atoms with Gasteiger partial charge in [0, 0.05) is 0 Å². The maximum atomic E-state index is 10.3. The summed E-state index contributed by atoms with van der Waals surface area (Å²) < 4.78 is 0. The molecule has 0 aromatic heterocycles. The zero-order valence-corrected chi connectivity index (χ0v) is 42.1. The van der Waals surface area contributed by atoms with Gasteiger partial charge in [0.1, 0.15) is 0 Å². The molecule has 0 spiro atoms. The Kier molecular flexibility index (Phi) is 85.3. The predicted octanol–water partition coefficient (Wildman–Crippen LogP) is 17.2. The van der Waals surface area contributed by atoms with Crippen LogP contribution in [0.3, 0.4) is 0 Å². The second-order valence-electron chi connectivity index (χ2n) is 16.6. The van der Waals surface area contributed by atoms with Crippen LogP contribution in [-0.4, -0.2) is 37.1 Å². The molecule has 0 aliphatic carbocycles. The van der Waals surface area contributed by atoms with Crippen LogP contribution in [0.2, 0.25) is 0 Å². The van der Waals surface area contributed by atoms with E-state index in [1.165, 1.54) is 244 Å². The van der Waals surface area contributed by atoms with Crippen LogP contribution in [0, 0.1) is 13.8 Å². The van der Waals surface area contributed by atoms with E-state index in [1.54, 1.807) is 0 Å². The summed E-state index contributed by atoms with van der Waals surface area (Å²) in [5.41, 5.74) is 0. The normalized spacial score (nSPS) is 10.5. The van der Waals surface area contributed by atoms with Crippen molar-refractivity contribution in [3.8, 4) is 0 Å². The number of rotatable bonds is 42. The van der Waals surface area contributed by atoms with E-state index in [1.807, 2.05) is 0 Å². The van der Waals surface area contributed by atoms with Gasteiger partial charge < -0.3 is 10.2 Å². The first-order chi connectivity index (χ1) is 26.7. The van der Waals surface area contributed by atoms with Crippen molar-refractivity contribution in [3.05, 3.63) is 13.8 Å². The number of hydrogen-bond donors (Lipinski definition) is 0. The molecule has 55 heavy (non-hydrogen) atoms. The molecule has 2 nitrogen and oxygen atoms in total.